The van der Waals surface area contributed by atoms with Crippen molar-refractivity contribution in [1.82, 2.24) is 15.2 Å². The largest absolute Gasteiger partial charge is 0.496 e. The van der Waals surface area contributed by atoms with Crippen molar-refractivity contribution in [3.8, 4) is 16.5 Å². The topological polar surface area (TPSA) is 67.6 Å². The molecule has 4 rings (SSSR count). The van der Waals surface area contributed by atoms with Gasteiger partial charge in [-0.05, 0) is 51.1 Å². The number of ether oxygens (including phenoxy) is 1. The van der Waals surface area contributed by atoms with Crippen molar-refractivity contribution in [2.24, 2.45) is 0 Å². The molecular weight excluding hydrogens is 386 g/mol. The van der Waals surface area contributed by atoms with Gasteiger partial charge in [-0.15, -0.1) is 11.3 Å². The minimum atomic E-state index is -0.171. The molecule has 3 heterocycles. The van der Waals surface area contributed by atoms with Gasteiger partial charge in [-0.1, -0.05) is 18.2 Å². The number of rotatable bonds is 7. The summed E-state index contributed by atoms with van der Waals surface area (Å²) in [5.41, 5.74) is 1.52. The van der Waals surface area contributed by atoms with Crippen LogP contribution in [0.1, 0.15) is 40.7 Å². The maximum absolute atomic E-state index is 12.8. The van der Waals surface area contributed by atoms with E-state index < -0.39 is 0 Å². The average molecular weight is 412 g/mol. The molecule has 152 valence electrons. The van der Waals surface area contributed by atoms with Gasteiger partial charge in [0.1, 0.15) is 17.2 Å². The molecule has 0 radical (unpaired) electrons. The van der Waals surface area contributed by atoms with E-state index in [-0.39, 0.29) is 11.9 Å². The number of carbonyl (C=O) groups excluding carboxylic acids is 1. The normalized spacial score (nSPS) is 15.4. The Kier molecular flexibility index (Phi) is 5.97. The monoisotopic (exact) mass is 411 g/mol. The Bertz CT molecular complexity index is 975. The molecule has 3 aromatic rings. The third-order valence-electron chi connectivity index (χ3n) is 5.22. The van der Waals surface area contributed by atoms with Crippen LogP contribution in [-0.4, -0.2) is 42.5 Å². The lowest BCUT2D eigenvalue weighted by molar-refractivity contribution is 0.0933. The van der Waals surface area contributed by atoms with E-state index in [1.54, 1.807) is 12.5 Å². The van der Waals surface area contributed by atoms with E-state index in [0.29, 0.717) is 23.0 Å². The fourth-order valence-corrected chi connectivity index (χ4v) is 4.51. The second-order valence-electron chi connectivity index (χ2n) is 7.16. The summed E-state index contributed by atoms with van der Waals surface area (Å²) in [4.78, 5) is 19.6. The van der Waals surface area contributed by atoms with Crippen molar-refractivity contribution >= 4 is 17.2 Å². The zero-order chi connectivity index (χ0) is 20.2. The first kappa shape index (κ1) is 19.7. The van der Waals surface area contributed by atoms with Crippen LogP contribution in [0.15, 0.2) is 46.2 Å². The second kappa shape index (κ2) is 8.80. The molecule has 1 aliphatic rings. The Hall–Kier alpha value is -2.64. The molecule has 0 spiro atoms. The number of amides is 1. The summed E-state index contributed by atoms with van der Waals surface area (Å²) in [5.74, 6) is 2.19. The molecule has 29 heavy (non-hydrogen) atoms. The van der Waals surface area contributed by atoms with E-state index in [9.17, 15) is 4.79 Å². The Morgan fingerprint density at radius 3 is 2.79 bits per heavy atom. The summed E-state index contributed by atoms with van der Waals surface area (Å²) < 4.78 is 11.2. The maximum atomic E-state index is 12.8. The molecule has 0 bridgehead atoms. The zero-order valence-electron chi connectivity index (χ0n) is 16.7. The number of likely N-dealkylation sites (tertiary alicyclic amines) is 1. The minimum absolute atomic E-state index is 0.0726. The van der Waals surface area contributed by atoms with Gasteiger partial charge in [-0.3, -0.25) is 9.69 Å². The predicted octanol–water partition coefficient (Wildman–Crippen LogP) is 4.29. The number of thiazole rings is 1. The Labute approximate surface area is 174 Å². The molecule has 6 nitrogen and oxygen atoms in total. The first-order valence-electron chi connectivity index (χ1n) is 9.83. The molecule has 2 aromatic heterocycles. The van der Waals surface area contributed by atoms with Crippen LogP contribution in [0.2, 0.25) is 0 Å². The lowest BCUT2D eigenvalue weighted by atomic mass is 10.0. The summed E-state index contributed by atoms with van der Waals surface area (Å²) in [6, 6.07) is 11.9. The van der Waals surface area contributed by atoms with Crippen LogP contribution >= 0.6 is 11.3 Å². The van der Waals surface area contributed by atoms with Gasteiger partial charge in [0, 0.05) is 17.5 Å². The highest BCUT2D eigenvalue weighted by Crippen LogP contribution is 2.31. The Morgan fingerprint density at radius 1 is 1.28 bits per heavy atom. The number of para-hydroxylation sites is 1. The highest BCUT2D eigenvalue weighted by atomic mass is 32.1. The third-order valence-corrected chi connectivity index (χ3v) is 6.08. The van der Waals surface area contributed by atoms with Gasteiger partial charge in [0.25, 0.3) is 5.91 Å². The number of nitrogens with zero attached hydrogens (tertiary/aromatic N) is 2. The summed E-state index contributed by atoms with van der Waals surface area (Å²) >= 11 is 1.41. The number of benzene rings is 1. The van der Waals surface area contributed by atoms with E-state index in [4.69, 9.17) is 9.15 Å². The van der Waals surface area contributed by atoms with Crippen LogP contribution in [0.4, 0.5) is 0 Å². The van der Waals surface area contributed by atoms with Crippen LogP contribution in [0.25, 0.3) is 10.8 Å². The number of hydrogen-bond acceptors (Lipinski definition) is 6. The molecule has 1 atom stereocenters. The minimum Gasteiger partial charge on any atom is -0.496 e. The molecule has 0 unspecified atom stereocenters. The third kappa shape index (κ3) is 4.36. The predicted molar refractivity (Wildman–Crippen MR) is 113 cm³/mol. The number of carbonyl (C=O) groups is 1. The summed E-state index contributed by atoms with van der Waals surface area (Å²) in [5, 5.41) is 5.56. The smallest absolute Gasteiger partial charge is 0.270 e. The molecule has 1 fully saturated rings. The molecule has 1 aliphatic heterocycles. The summed E-state index contributed by atoms with van der Waals surface area (Å²) in [6.07, 6.45) is 2.36. The first-order chi connectivity index (χ1) is 14.2. The van der Waals surface area contributed by atoms with Crippen molar-refractivity contribution < 1.29 is 13.9 Å². The van der Waals surface area contributed by atoms with Crippen LogP contribution in [0.5, 0.6) is 5.75 Å². The number of nitrogens with one attached hydrogen (secondary N) is 1. The Morgan fingerprint density at radius 2 is 2.07 bits per heavy atom. The maximum Gasteiger partial charge on any atom is 0.270 e. The van der Waals surface area contributed by atoms with Gasteiger partial charge in [0.05, 0.1) is 13.2 Å². The van der Waals surface area contributed by atoms with Gasteiger partial charge in [0.15, 0.2) is 10.8 Å². The van der Waals surface area contributed by atoms with E-state index in [1.807, 2.05) is 37.3 Å². The molecule has 0 saturated carbocycles. The summed E-state index contributed by atoms with van der Waals surface area (Å²) in [7, 11) is 1.69. The van der Waals surface area contributed by atoms with Gasteiger partial charge in [0.2, 0.25) is 0 Å². The fourth-order valence-electron chi connectivity index (χ4n) is 3.75. The van der Waals surface area contributed by atoms with Crippen LogP contribution in [0, 0.1) is 6.92 Å². The molecule has 7 heteroatoms. The van der Waals surface area contributed by atoms with E-state index in [0.717, 1.165) is 30.2 Å². The highest BCUT2D eigenvalue weighted by molar-refractivity contribution is 7.13. The molecular formula is C22H25N3O3S. The molecule has 1 N–H and O–H groups in total. The standard InChI is InChI=1S/C22H25N3O3S/c1-15-9-10-20(28-15)22-24-17(14-29-22)21(26)23-13-18(25-11-5-6-12-25)16-7-3-4-8-19(16)27-2/h3-4,7-10,14,18H,5-6,11-13H2,1-2H3,(H,23,26)/t18-/m0/s1. The van der Waals surface area contributed by atoms with Gasteiger partial charge >= 0.3 is 0 Å². The van der Waals surface area contributed by atoms with Crippen molar-refractivity contribution in [1.29, 1.82) is 0 Å². The molecule has 1 saturated heterocycles. The van der Waals surface area contributed by atoms with Gasteiger partial charge in [-0.25, -0.2) is 4.98 Å². The van der Waals surface area contributed by atoms with Crippen LogP contribution in [0.3, 0.4) is 0 Å². The van der Waals surface area contributed by atoms with E-state index in [2.05, 4.69) is 21.3 Å². The molecule has 1 aromatic carbocycles. The molecule has 0 aliphatic carbocycles. The van der Waals surface area contributed by atoms with Gasteiger partial charge in [-0.2, -0.15) is 0 Å². The SMILES string of the molecule is COc1ccccc1[C@H](CNC(=O)c1csc(-c2ccc(C)o2)n1)N1CCCC1. The van der Waals surface area contributed by atoms with Crippen molar-refractivity contribution in [3.05, 3.63) is 58.8 Å². The first-order valence-corrected chi connectivity index (χ1v) is 10.7. The highest BCUT2D eigenvalue weighted by Gasteiger charge is 2.26. The lowest BCUT2D eigenvalue weighted by Crippen LogP contribution is -2.37. The van der Waals surface area contributed by atoms with Crippen molar-refractivity contribution in [2.45, 2.75) is 25.8 Å². The number of aromatic nitrogens is 1. The van der Waals surface area contributed by atoms with E-state index in [1.165, 1.54) is 24.2 Å². The number of methoxy groups -OCH3 is 1. The quantitative estimate of drug-likeness (QED) is 0.628. The van der Waals surface area contributed by atoms with Gasteiger partial charge < -0.3 is 14.5 Å². The Balaban J connectivity index is 1.48. The number of hydrogen-bond donors (Lipinski definition) is 1. The fraction of sp³-hybridized carbons (Fsp3) is 0.364. The zero-order valence-corrected chi connectivity index (χ0v) is 17.5. The molecule has 1 amide bonds. The van der Waals surface area contributed by atoms with Crippen molar-refractivity contribution in [3.63, 3.8) is 0 Å². The second-order valence-corrected chi connectivity index (χ2v) is 8.02. The summed E-state index contributed by atoms with van der Waals surface area (Å²) in [6.45, 7) is 4.45. The van der Waals surface area contributed by atoms with Crippen molar-refractivity contribution in [2.75, 3.05) is 26.7 Å². The lowest BCUT2D eigenvalue weighted by Gasteiger charge is -2.29. The van der Waals surface area contributed by atoms with Crippen LogP contribution in [-0.2, 0) is 0 Å². The van der Waals surface area contributed by atoms with Crippen LogP contribution < -0.4 is 10.1 Å². The van der Waals surface area contributed by atoms with E-state index >= 15 is 0 Å². The average Bonchev–Trinajstić information content (AvgIpc) is 3.50. The number of aryl methyl sites for hydroxylation is 1. The number of furan rings is 1.